The molecule has 8 nitrogen and oxygen atoms in total. The number of benzene rings is 1. The number of carbonyl (C=O) groups is 1. The number of rotatable bonds is 6. The fraction of sp³-hybridized carbons (Fsp3) is 0.364. The Bertz CT molecular complexity index is 738. The van der Waals surface area contributed by atoms with Crippen molar-refractivity contribution in [1.82, 2.24) is 19.7 Å². The van der Waals surface area contributed by atoms with Gasteiger partial charge in [0, 0.05) is 13.1 Å². The molecule has 20 heavy (non-hydrogen) atoms. The first-order chi connectivity index (χ1) is 9.38. The summed E-state index contributed by atoms with van der Waals surface area (Å²) in [7, 11) is -3.22. The SMILES string of the molecule is CS(=O)(=O)NCCCn1nnc2cccc(C(=O)O)c21. The molecule has 108 valence electrons. The van der Waals surface area contributed by atoms with E-state index in [-0.39, 0.29) is 12.1 Å². The molecule has 2 N–H and O–H groups in total. The molecule has 0 aliphatic carbocycles. The van der Waals surface area contributed by atoms with Gasteiger partial charge in [0.25, 0.3) is 0 Å². The molecule has 0 radical (unpaired) electrons. The summed E-state index contributed by atoms with van der Waals surface area (Å²) in [6.45, 7) is 0.638. The summed E-state index contributed by atoms with van der Waals surface area (Å²) in [6, 6.07) is 4.77. The normalized spacial score (nSPS) is 11.8. The number of carboxylic acid groups (broad SMARTS) is 1. The second kappa shape index (κ2) is 5.55. The topological polar surface area (TPSA) is 114 Å². The van der Waals surface area contributed by atoms with E-state index in [1.165, 1.54) is 10.7 Å². The summed E-state index contributed by atoms with van der Waals surface area (Å²) in [5.41, 5.74) is 1.07. The van der Waals surface area contributed by atoms with Gasteiger partial charge in [-0.25, -0.2) is 22.6 Å². The highest BCUT2D eigenvalue weighted by atomic mass is 32.2. The van der Waals surface area contributed by atoms with Crippen LogP contribution >= 0.6 is 0 Å². The van der Waals surface area contributed by atoms with Crippen molar-refractivity contribution in [3.05, 3.63) is 23.8 Å². The number of fused-ring (bicyclic) bond motifs is 1. The van der Waals surface area contributed by atoms with Gasteiger partial charge in [0.15, 0.2) is 0 Å². The molecular weight excluding hydrogens is 284 g/mol. The van der Waals surface area contributed by atoms with E-state index in [0.29, 0.717) is 24.0 Å². The predicted molar refractivity (Wildman–Crippen MR) is 72.0 cm³/mol. The average Bonchev–Trinajstić information content (AvgIpc) is 2.76. The molecule has 1 heterocycles. The summed E-state index contributed by atoms with van der Waals surface area (Å²) < 4.78 is 25.7. The lowest BCUT2D eigenvalue weighted by atomic mass is 10.2. The first kappa shape index (κ1) is 14.4. The van der Waals surface area contributed by atoms with Crippen LogP contribution in [0.4, 0.5) is 0 Å². The lowest BCUT2D eigenvalue weighted by molar-refractivity contribution is 0.0698. The van der Waals surface area contributed by atoms with Gasteiger partial charge >= 0.3 is 5.97 Å². The van der Waals surface area contributed by atoms with Crippen molar-refractivity contribution < 1.29 is 18.3 Å². The number of nitrogens with zero attached hydrogens (tertiary/aromatic N) is 3. The van der Waals surface area contributed by atoms with E-state index in [9.17, 15) is 13.2 Å². The molecule has 2 rings (SSSR count). The van der Waals surface area contributed by atoms with Gasteiger partial charge in [-0.1, -0.05) is 11.3 Å². The van der Waals surface area contributed by atoms with Gasteiger partial charge in [0.1, 0.15) is 11.0 Å². The molecule has 1 aromatic carbocycles. The predicted octanol–water partition coefficient (Wildman–Crippen LogP) is 0.0688. The Kier molecular flexibility index (Phi) is 4.00. The van der Waals surface area contributed by atoms with Crippen molar-refractivity contribution in [3.63, 3.8) is 0 Å². The van der Waals surface area contributed by atoms with Gasteiger partial charge in [-0.3, -0.25) is 0 Å². The monoisotopic (exact) mass is 298 g/mol. The molecule has 0 fully saturated rings. The molecule has 2 aromatic rings. The standard InChI is InChI=1S/C11H14N4O4S/c1-20(18,19)12-6-3-7-15-10-8(11(16)17)4-2-5-9(10)13-14-15/h2,4-5,12H,3,6-7H2,1H3,(H,16,17). The van der Waals surface area contributed by atoms with Crippen molar-refractivity contribution in [2.45, 2.75) is 13.0 Å². The molecule has 0 atom stereocenters. The molecule has 0 saturated carbocycles. The first-order valence-corrected chi connectivity index (χ1v) is 7.78. The highest BCUT2D eigenvalue weighted by molar-refractivity contribution is 7.88. The Morgan fingerprint density at radius 3 is 2.85 bits per heavy atom. The third-order valence-electron chi connectivity index (χ3n) is 2.67. The molecule has 0 aliphatic heterocycles. The molecule has 9 heteroatoms. The van der Waals surface area contributed by atoms with E-state index in [0.717, 1.165) is 6.26 Å². The van der Waals surface area contributed by atoms with Crippen LogP contribution < -0.4 is 4.72 Å². The zero-order valence-corrected chi connectivity index (χ0v) is 11.6. The quantitative estimate of drug-likeness (QED) is 0.729. The van der Waals surface area contributed by atoms with Crippen molar-refractivity contribution in [2.24, 2.45) is 0 Å². The Labute approximate surface area is 115 Å². The van der Waals surface area contributed by atoms with Crippen molar-refractivity contribution in [1.29, 1.82) is 0 Å². The van der Waals surface area contributed by atoms with E-state index >= 15 is 0 Å². The molecule has 1 aromatic heterocycles. The number of sulfonamides is 1. The number of aromatic carboxylic acids is 1. The third-order valence-corrected chi connectivity index (χ3v) is 3.40. The van der Waals surface area contributed by atoms with Crippen LogP contribution in [0.15, 0.2) is 18.2 Å². The Hall–Kier alpha value is -2.00. The van der Waals surface area contributed by atoms with Crippen LogP contribution in [0.2, 0.25) is 0 Å². The van der Waals surface area contributed by atoms with Crippen molar-refractivity contribution in [3.8, 4) is 0 Å². The summed E-state index contributed by atoms with van der Waals surface area (Å²) in [6.07, 6.45) is 1.57. The van der Waals surface area contributed by atoms with Crippen LogP contribution in [0.25, 0.3) is 11.0 Å². The zero-order valence-electron chi connectivity index (χ0n) is 10.8. The summed E-state index contributed by atoms with van der Waals surface area (Å²) in [5, 5.41) is 16.9. The minimum atomic E-state index is -3.22. The van der Waals surface area contributed by atoms with Gasteiger partial charge in [0.2, 0.25) is 10.0 Å². The average molecular weight is 298 g/mol. The zero-order chi connectivity index (χ0) is 14.8. The van der Waals surface area contributed by atoms with Gasteiger partial charge in [-0.2, -0.15) is 0 Å². The summed E-state index contributed by atoms with van der Waals surface area (Å²) in [5.74, 6) is -1.05. The smallest absolute Gasteiger partial charge is 0.337 e. The number of hydrogen-bond acceptors (Lipinski definition) is 5. The van der Waals surface area contributed by atoms with Crippen LogP contribution in [0.3, 0.4) is 0 Å². The highest BCUT2D eigenvalue weighted by Crippen LogP contribution is 2.16. The van der Waals surface area contributed by atoms with E-state index in [1.54, 1.807) is 12.1 Å². The number of aromatic nitrogens is 3. The maximum atomic E-state index is 11.2. The second-order valence-corrected chi connectivity index (χ2v) is 6.14. The van der Waals surface area contributed by atoms with E-state index in [2.05, 4.69) is 15.0 Å². The van der Waals surface area contributed by atoms with Crippen LogP contribution in [-0.2, 0) is 16.6 Å². The molecule has 0 bridgehead atoms. The van der Waals surface area contributed by atoms with Gasteiger partial charge in [0.05, 0.1) is 11.8 Å². The van der Waals surface area contributed by atoms with Crippen molar-refractivity contribution in [2.75, 3.05) is 12.8 Å². The van der Waals surface area contributed by atoms with Crippen LogP contribution in [0, 0.1) is 0 Å². The molecule has 0 saturated heterocycles. The largest absolute Gasteiger partial charge is 0.478 e. The van der Waals surface area contributed by atoms with Gasteiger partial charge < -0.3 is 5.11 Å². The highest BCUT2D eigenvalue weighted by Gasteiger charge is 2.14. The number of carboxylic acids is 1. The van der Waals surface area contributed by atoms with Crippen LogP contribution in [0.5, 0.6) is 0 Å². The summed E-state index contributed by atoms with van der Waals surface area (Å²) >= 11 is 0. The van der Waals surface area contributed by atoms with Crippen LogP contribution in [0.1, 0.15) is 16.8 Å². The fourth-order valence-electron chi connectivity index (χ4n) is 1.85. The lowest BCUT2D eigenvalue weighted by Crippen LogP contribution is -2.24. The minimum Gasteiger partial charge on any atom is -0.478 e. The number of para-hydroxylation sites is 1. The molecule has 0 amide bonds. The van der Waals surface area contributed by atoms with E-state index < -0.39 is 16.0 Å². The molecular formula is C11H14N4O4S. The lowest BCUT2D eigenvalue weighted by Gasteiger charge is -2.05. The molecule has 0 unspecified atom stereocenters. The van der Waals surface area contributed by atoms with Gasteiger partial charge in [-0.15, -0.1) is 5.10 Å². The van der Waals surface area contributed by atoms with Crippen molar-refractivity contribution >= 4 is 27.0 Å². The second-order valence-electron chi connectivity index (χ2n) is 4.31. The third kappa shape index (κ3) is 3.31. The molecule has 0 aliphatic rings. The number of nitrogens with one attached hydrogen (secondary N) is 1. The van der Waals surface area contributed by atoms with Gasteiger partial charge in [-0.05, 0) is 18.6 Å². The Morgan fingerprint density at radius 1 is 1.45 bits per heavy atom. The number of hydrogen-bond donors (Lipinski definition) is 2. The maximum Gasteiger partial charge on any atom is 0.337 e. The first-order valence-electron chi connectivity index (χ1n) is 5.88. The van der Waals surface area contributed by atoms with E-state index in [1.807, 2.05) is 0 Å². The number of aryl methyl sites for hydroxylation is 1. The Balaban J connectivity index is 2.17. The summed E-state index contributed by atoms with van der Waals surface area (Å²) in [4.78, 5) is 11.2. The Morgan fingerprint density at radius 2 is 2.20 bits per heavy atom. The molecule has 0 spiro atoms. The van der Waals surface area contributed by atoms with E-state index in [4.69, 9.17) is 5.11 Å². The minimum absolute atomic E-state index is 0.128. The van der Waals surface area contributed by atoms with Crippen LogP contribution in [-0.4, -0.2) is 47.3 Å². The maximum absolute atomic E-state index is 11.2. The fourth-order valence-corrected chi connectivity index (χ4v) is 2.36.